The summed E-state index contributed by atoms with van der Waals surface area (Å²) < 4.78 is 2.22. The number of amides is 2. The first kappa shape index (κ1) is 17.3. The molecule has 1 aromatic carbocycles. The molecule has 1 atom stereocenters. The van der Waals surface area contributed by atoms with Gasteiger partial charge < -0.3 is 14.8 Å². The highest BCUT2D eigenvalue weighted by Crippen LogP contribution is 2.25. The molecule has 5 heteroatoms. The van der Waals surface area contributed by atoms with Gasteiger partial charge >= 0.3 is 0 Å². The highest BCUT2D eigenvalue weighted by Gasteiger charge is 2.30. The van der Waals surface area contributed by atoms with Gasteiger partial charge in [0.25, 0.3) is 0 Å². The van der Waals surface area contributed by atoms with Crippen molar-refractivity contribution in [3.63, 3.8) is 0 Å². The molecule has 2 heterocycles. The number of nitrogens with zero attached hydrogens (tertiary/aromatic N) is 2. The topological polar surface area (TPSA) is 54.3 Å². The van der Waals surface area contributed by atoms with E-state index in [1.54, 1.807) is 6.92 Å². The highest BCUT2D eigenvalue weighted by atomic mass is 16.2. The summed E-state index contributed by atoms with van der Waals surface area (Å²) in [6, 6.07) is 13.4. The van der Waals surface area contributed by atoms with Crippen LogP contribution in [0, 0.1) is 0 Å². The number of benzene rings is 1. The maximum atomic E-state index is 13.0. The van der Waals surface area contributed by atoms with Crippen LogP contribution in [0.1, 0.15) is 43.8 Å². The number of carbonyl (C=O) groups excluding carboxylic acids is 2. The fourth-order valence-electron chi connectivity index (χ4n) is 3.35. The first-order valence-corrected chi connectivity index (χ1v) is 8.94. The number of aromatic nitrogens is 1. The van der Waals surface area contributed by atoms with Gasteiger partial charge in [0.2, 0.25) is 11.8 Å². The predicted octanol–water partition coefficient (Wildman–Crippen LogP) is 2.92. The van der Waals surface area contributed by atoms with Crippen LogP contribution in [0.15, 0.2) is 54.9 Å². The predicted molar refractivity (Wildman–Crippen MR) is 96.9 cm³/mol. The number of piperidine rings is 1. The van der Waals surface area contributed by atoms with E-state index in [1.807, 2.05) is 47.4 Å². The van der Waals surface area contributed by atoms with E-state index in [2.05, 4.69) is 22.3 Å². The van der Waals surface area contributed by atoms with Gasteiger partial charge in [0.15, 0.2) is 0 Å². The van der Waals surface area contributed by atoms with Gasteiger partial charge in [-0.1, -0.05) is 37.3 Å². The second kappa shape index (κ2) is 8.01. The number of hydrogen-bond donors (Lipinski definition) is 1. The Balaban J connectivity index is 1.69. The Morgan fingerprint density at radius 2 is 1.72 bits per heavy atom. The van der Waals surface area contributed by atoms with Crippen molar-refractivity contribution in [1.29, 1.82) is 0 Å². The Bertz CT molecular complexity index is 689. The van der Waals surface area contributed by atoms with Gasteiger partial charge in [0, 0.05) is 37.9 Å². The van der Waals surface area contributed by atoms with Crippen molar-refractivity contribution in [1.82, 2.24) is 14.8 Å². The summed E-state index contributed by atoms with van der Waals surface area (Å²) in [6.45, 7) is 3.23. The number of rotatable bonds is 5. The van der Waals surface area contributed by atoms with Crippen LogP contribution in [0.2, 0.25) is 0 Å². The van der Waals surface area contributed by atoms with Crippen LogP contribution in [0.25, 0.3) is 0 Å². The third-order valence-electron chi connectivity index (χ3n) is 4.83. The van der Waals surface area contributed by atoms with Gasteiger partial charge in [-0.2, -0.15) is 0 Å². The molecule has 2 aromatic rings. The number of hydrogen-bond acceptors (Lipinski definition) is 2. The lowest BCUT2D eigenvalue weighted by molar-refractivity contribution is -0.137. The van der Waals surface area contributed by atoms with Gasteiger partial charge in [0.1, 0.15) is 6.04 Å². The summed E-state index contributed by atoms with van der Waals surface area (Å²) in [7, 11) is 0. The minimum absolute atomic E-state index is 0.0149. The molecule has 1 unspecified atom stereocenters. The van der Waals surface area contributed by atoms with Crippen LogP contribution in [0.5, 0.6) is 0 Å². The van der Waals surface area contributed by atoms with Crippen LogP contribution in [0.4, 0.5) is 0 Å². The molecule has 0 spiro atoms. The molecular weight excluding hydrogens is 314 g/mol. The van der Waals surface area contributed by atoms with E-state index in [9.17, 15) is 9.59 Å². The number of nitrogens with one attached hydrogen (secondary N) is 1. The number of likely N-dealkylation sites (tertiary alicyclic amines) is 1. The lowest BCUT2D eigenvalue weighted by Gasteiger charge is -2.35. The molecule has 1 N–H and O–H groups in total. The summed E-state index contributed by atoms with van der Waals surface area (Å²) in [5.74, 6) is -0.122. The second-order valence-corrected chi connectivity index (χ2v) is 6.45. The molecule has 3 rings (SSSR count). The Kier molecular flexibility index (Phi) is 5.53. The molecule has 1 fully saturated rings. The van der Waals surface area contributed by atoms with Gasteiger partial charge in [-0.05, 0) is 30.5 Å². The van der Waals surface area contributed by atoms with Crippen molar-refractivity contribution in [3.05, 3.63) is 60.4 Å². The molecule has 1 aromatic heterocycles. The fourth-order valence-corrected chi connectivity index (χ4v) is 3.35. The zero-order chi connectivity index (χ0) is 17.6. The Labute approximate surface area is 148 Å². The highest BCUT2D eigenvalue weighted by molar-refractivity contribution is 5.88. The molecule has 0 aliphatic carbocycles. The van der Waals surface area contributed by atoms with E-state index in [0.29, 0.717) is 25.6 Å². The molecular formula is C20H25N3O2. The maximum Gasteiger partial charge on any atom is 0.249 e. The van der Waals surface area contributed by atoms with Crippen LogP contribution >= 0.6 is 0 Å². The monoisotopic (exact) mass is 339 g/mol. The van der Waals surface area contributed by atoms with Gasteiger partial charge in [-0.25, -0.2) is 0 Å². The Morgan fingerprint density at radius 3 is 2.32 bits per heavy atom. The van der Waals surface area contributed by atoms with Crippen LogP contribution in [-0.2, 0) is 9.59 Å². The summed E-state index contributed by atoms with van der Waals surface area (Å²) in [6.07, 6.45) is 6.40. The van der Waals surface area contributed by atoms with Crippen LogP contribution in [-0.4, -0.2) is 34.4 Å². The Morgan fingerprint density at radius 1 is 1.08 bits per heavy atom. The number of carbonyl (C=O) groups is 2. The van der Waals surface area contributed by atoms with Crippen molar-refractivity contribution >= 4 is 11.8 Å². The minimum atomic E-state index is -0.600. The maximum absolute atomic E-state index is 13.0. The fraction of sp³-hybridized carbons (Fsp3) is 0.400. The molecule has 1 aliphatic heterocycles. The van der Waals surface area contributed by atoms with E-state index in [-0.39, 0.29) is 11.8 Å². The van der Waals surface area contributed by atoms with Gasteiger partial charge in [-0.15, -0.1) is 0 Å². The largest absolute Gasteiger partial charge is 0.351 e. The normalized spacial score (nSPS) is 16.4. The molecule has 0 radical (unpaired) electrons. The third kappa shape index (κ3) is 4.10. The van der Waals surface area contributed by atoms with Gasteiger partial charge in [-0.3, -0.25) is 9.59 Å². The Hall–Kier alpha value is -2.56. The van der Waals surface area contributed by atoms with E-state index in [4.69, 9.17) is 0 Å². The van der Waals surface area contributed by atoms with E-state index < -0.39 is 6.04 Å². The molecule has 0 saturated carbocycles. The lowest BCUT2D eigenvalue weighted by Crippen LogP contribution is -2.46. The summed E-state index contributed by atoms with van der Waals surface area (Å²) in [5.41, 5.74) is 0.835. The molecule has 1 saturated heterocycles. The smallest absolute Gasteiger partial charge is 0.249 e. The molecule has 1 aliphatic rings. The van der Waals surface area contributed by atoms with Crippen molar-refractivity contribution in [2.75, 3.05) is 13.1 Å². The minimum Gasteiger partial charge on any atom is -0.351 e. The van der Waals surface area contributed by atoms with Crippen molar-refractivity contribution in [2.45, 2.75) is 38.3 Å². The first-order chi connectivity index (χ1) is 12.2. The third-order valence-corrected chi connectivity index (χ3v) is 4.83. The van der Waals surface area contributed by atoms with E-state index >= 15 is 0 Å². The molecule has 132 valence electrons. The quantitative estimate of drug-likeness (QED) is 0.911. The second-order valence-electron chi connectivity index (χ2n) is 6.45. The van der Waals surface area contributed by atoms with Crippen molar-refractivity contribution < 1.29 is 9.59 Å². The molecule has 5 nitrogen and oxygen atoms in total. The summed E-state index contributed by atoms with van der Waals surface area (Å²) in [5, 5.41) is 2.88. The van der Waals surface area contributed by atoms with Crippen molar-refractivity contribution in [3.8, 4) is 0 Å². The summed E-state index contributed by atoms with van der Waals surface area (Å²) >= 11 is 0. The molecule has 25 heavy (non-hydrogen) atoms. The summed E-state index contributed by atoms with van der Waals surface area (Å²) in [4.78, 5) is 26.8. The van der Waals surface area contributed by atoms with E-state index in [0.717, 1.165) is 18.4 Å². The standard InChI is InChI=1S/C20H25N3O2/c1-2-18(24)21-19(16-8-4-3-5-9-16)20(25)23-14-10-17(11-15-23)22-12-6-7-13-22/h3-9,12-13,17,19H,2,10-11,14-15H2,1H3,(H,21,24). The van der Waals surface area contributed by atoms with Crippen molar-refractivity contribution in [2.24, 2.45) is 0 Å². The SMILES string of the molecule is CCC(=O)NC(C(=O)N1CCC(n2cccc2)CC1)c1ccccc1. The zero-order valence-corrected chi connectivity index (χ0v) is 14.6. The lowest BCUT2D eigenvalue weighted by atomic mass is 10.0. The first-order valence-electron chi connectivity index (χ1n) is 8.94. The van der Waals surface area contributed by atoms with Gasteiger partial charge in [0.05, 0.1) is 0 Å². The van der Waals surface area contributed by atoms with Crippen LogP contribution in [0.3, 0.4) is 0 Å². The molecule has 0 bridgehead atoms. The average Bonchev–Trinajstić information content (AvgIpc) is 3.21. The van der Waals surface area contributed by atoms with E-state index in [1.165, 1.54) is 0 Å². The zero-order valence-electron chi connectivity index (χ0n) is 14.6. The average molecular weight is 339 g/mol. The molecule has 2 amide bonds. The van der Waals surface area contributed by atoms with Crippen LogP contribution < -0.4 is 5.32 Å².